The number of amides is 1. The predicted octanol–water partition coefficient (Wildman–Crippen LogP) is 8.67. The number of fused-ring (bicyclic) bond motifs is 1. The Labute approximate surface area is 315 Å². The zero-order valence-corrected chi connectivity index (χ0v) is 31.1. The molecule has 2 heterocycles. The lowest BCUT2D eigenvalue weighted by molar-refractivity contribution is -0.271. The van der Waals surface area contributed by atoms with Crippen LogP contribution in [-0.4, -0.2) is 43.2 Å². The average molecular weight is 814 g/mol. The number of para-hydroxylation sites is 1. The number of carbonyl (C=O) groups excluding carboxylic acids is 1. The summed E-state index contributed by atoms with van der Waals surface area (Å²) >= 11 is 7.36. The molecule has 0 saturated carbocycles. The summed E-state index contributed by atoms with van der Waals surface area (Å²) in [5.41, 5.74) is 5.53. The van der Waals surface area contributed by atoms with Gasteiger partial charge in [-0.2, -0.15) is 0 Å². The summed E-state index contributed by atoms with van der Waals surface area (Å²) in [5, 5.41) is 0. The lowest BCUT2D eigenvalue weighted by atomic mass is 9.96. The number of hydrogen-bond acceptors (Lipinski definition) is 6. The van der Waals surface area contributed by atoms with E-state index in [1.807, 2.05) is 146 Å². The molecule has 0 aromatic heterocycles. The molecule has 0 unspecified atom stereocenters. The molecule has 7 rings (SSSR count). The number of benzene rings is 5. The Morgan fingerprint density at radius 3 is 1.51 bits per heavy atom. The largest absolute Gasteiger partial charge is 0.374 e. The summed E-state index contributed by atoms with van der Waals surface area (Å²) in [5.74, 6) is -0.226. The maximum Gasteiger partial charge on any atom is 0.261 e. The van der Waals surface area contributed by atoms with Crippen LogP contribution in [0.2, 0.25) is 0 Å². The van der Waals surface area contributed by atoms with Crippen molar-refractivity contribution in [3.05, 3.63) is 173 Å². The van der Waals surface area contributed by atoms with Crippen molar-refractivity contribution in [1.82, 2.24) is 0 Å². The van der Waals surface area contributed by atoms with Crippen LogP contribution in [0.15, 0.2) is 146 Å². The standard InChI is InChI=1S/C42H39Br2NO6/c43-42(44)34-23-13-14-24-35(34)45(41(42)46)40-39(50-28-33-21-11-4-12-22-33)38(49-27-32-19-9-3-10-20-32)37(48-26-31-17-7-2-8-18-31)36(51-40)29-47-25-30-15-5-1-6-16-30/h1-24,36-40H,25-29H2/t36-,37-,38+,39-,40-/m1/s1. The Hall–Kier alpha value is -3.67. The molecule has 0 N–H and O–H groups in total. The molecule has 5 aromatic carbocycles. The van der Waals surface area contributed by atoms with Crippen molar-refractivity contribution in [2.75, 3.05) is 11.5 Å². The van der Waals surface area contributed by atoms with Crippen LogP contribution in [0.1, 0.15) is 27.8 Å². The lowest BCUT2D eigenvalue weighted by Crippen LogP contribution is -2.66. The summed E-state index contributed by atoms with van der Waals surface area (Å²) < 4.78 is 32.7. The van der Waals surface area contributed by atoms with Crippen molar-refractivity contribution < 1.29 is 28.5 Å². The fraction of sp³-hybridized carbons (Fsp3) is 0.262. The number of nitrogens with zero attached hydrogens (tertiary/aromatic N) is 1. The first-order chi connectivity index (χ1) is 25.0. The van der Waals surface area contributed by atoms with Gasteiger partial charge in [0.1, 0.15) is 24.4 Å². The van der Waals surface area contributed by atoms with Crippen LogP contribution in [0, 0.1) is 0 Å². The Bertz CT molecular complexity index is 1850. The van der Waals surface area contributed by atoms with Gasteiger partial charge in [-0.3, -0.25) is 9.69 Å². The van der Waals surface area contributed by atoms with Gasteiger partial charge in [0, 0.05) is 5.56 Å². The molecule has 1 saturated heterocycles. The molecule has 0 radical (unpaired) electrons. The van der Waals surface area contributed by atoms with Crippen LogP contribution < -0.4 is 4.90 Å². The van der Waals surface area contributed by atoms with Gasteiger partial charge in [0.2, 0.25) is 0 Å². The van der Waals surface area contributed by atoms with Crippen molar-refractivity contribution >= 4 is 43.5 Å². The molecule has 2 aliphatic rings. The Balaban J connectivity index is 1.28. The highest BCUT2D eigenvalue weighted by Crippen LogP contribution is 2.52. The van der Waals surface area contributed by atoms with Crippen LogP contribution in [-0.2, 0) is 58.1 Å². The van der Waals surface area contributed by atoms with Crippen molar-refractivity contribution in [2.45, 2.75) is 60.3 Å². The molecule has 1 amide bonds. The normalized spacial score (nSPS) is 22.5. The molecule has 262 valence electrons. The topological polar surface area (TPSA) is 66.5 Å². The monoisotopic (exact) mass is 811 g/mol. The van der Waals surface area contributed by atoms with Gasteiger partial charge in [0.15, 0.2) is 9.46 Å². The van der Waals surface area contributed by atoms with E-state index < -0.39 is 33.9 Å². The van der Waals surface area contributed by atoms with E-state index in [1.165, 1.54) is 0 Å². The zero-order chi connectivity index (χ0) is 35.0. The second-order valence-electron chi connectivity index (χ2n) is 12.6. The number of alkyl halides is 2. The Morgan fingerprint density at radius 1 is 0.549 bits per heavy atom. The van der Waals surface area contributed by atoms with Crippen molar-refractivity contribution in [1.29, 1.82) is 0 Å². The summed E-state index contributed by atoms with van der Waals surface area (Å²) in [6.45, 7) is 1.48. The maximum atomic E-state index is 14.4. The first-order valence-electron chi connectivity index (χ1n) is 17.0. The minimum Gasteiger partial charge on any atom is -0.374 e. The van der Waals surface area contributed by atoms with Gasteiger partial charge >= 0.3 is 0 Å². The second kappa shape index (κ2) is 16.8. The number of rotatable bonds is 14. The SMILES string of the molecule is O=C1N([C@@H]2O[C@H](COCc3ccccc3)[C@@H](OCc3ccccc3)[C@H](OCc3ccccc3)[C@H]2OCc2ccccc2)c2ccccc2C1(Br)Br. The fourth-order valence-corrected chi connectivity index (χ4v) is 7.60. The molecule has 51 heavy (non-hydrogen) atoms. The number of hydrogen-bond donors (Lipinski definition) is 0. The molecule has 5 atom stereocenters. The van der Waals surface area contributed by atoms with Crippen LogP contribution in [0.5, 0.6) is 0 Å². The molecular weight excluding hydrogens is 774 g/mol. The van der Waals surface area contributed by atoms with E-state index in [4.69, 9.17) is 23.7 Å². The van der Waals surface area contributed by atoms with Gasteiger partial charge in [-0.05, 0) is 28.3 Å². The fourth-order valence-electron chi connectivity index (χ4n) is 6.55. The minimum atomic E-state index is -1.13. The van der Waals surface area contributed by atoms with Gasteiger partial charge < -0.3 is 23.7 Å². The van der Waals surface area contributed by atoms with Crippen LogP contribution >= 0.6 is 31.9 Å². The number of ether oxygens (including phenoxy) is 5. The van der Waals surface area contributed by atoms with E-state index in [0.717, 1.165) is 27.8 Å². The molecule has 0 spiro atoms. The van der Waals surface area contributed by atoms with Gasteiger partial charge in [-0.1, -0.05) is 171 Å². The molecule has 0 bridgehead atoms. The van der Waals surface area contributed by atoms with Gasteiger partial charge in [-0.15, -0.1) is 0 Å². The Morgan fingerprint density at radius 2 is 0.980 bits per heavy atom. The number of anilines is 1. The van der Waals surface area contributed by atoms with Gasteiger partial charge in [0.05, 0.1) is 38.7 Å². The first kappa shape index (κ1) is 35.7. The lowest BCUT2D eigenvalue weighted by Gasteiger charge is -2.48. The molecule has 1 fully saturated rings. The molecule has 5 aromatic rings. The highest BCUT2D eigenvalue weighted by Gasteiger charge is 2.57. The summed E-state index contributed by atoms with van der Waals surface area (Å²) in [6, 6.07) is 47.7. The highest BCUT2D eigenvalue weighted by atomic mass is 79.9. The minimum absolute atomic E-state index is 0.193. The van der Waals surface area contributed by atoms with Gasteiger partial charge in [-0.25, -0.2) is 0 Å². The highest BCUT2D eigenvalue weighted by molar-refractivity contribution is 9.25. The molecular formula is C42H39Br2NO6. The third-order valence-electron chi connectivity index (χ3n) is 9.10. The third kappa shape index (κ3) is 8.36. The molecule has 7 nitrogen and oxygen atoms in total. The van der Waals surface area contributed by atoms with Crippen LogP contribution in [0.3, 0.4) is 0 Å². The number of carbonyl (C=O) groups is 1. The zero-order valence-electron chi connectivity index (χ0n) is 27.9. The smallest absolute Gasteiger partial charge is 0.261 e. The third-order valence-corrected chi connectivity index (χ3v) is 10.6. The predicted molar refractivity (Wildman–Crippen MR) is 203 cm³/mol. The van der Waals surface area contributed by atoms with Crippen molar-refractivity contribution in [2.24, 2.45) is 0 Å². The van der Waals surface area contributed by atoms with Crippen LogP contribution in [0.4, 0.5) is 5.69 Å². The molecule has 9 heteroatoms. The van der Waals surface area contributed by atoms with Gasteiger partial charge in [0.25, 0.3) is 5.91 Å². The van der Waals surface area contributed by atoms with Crippen molar-refractivity contribution in [3.8, 4) is 0 Å². The quantitative estimate of drug-likeness (QED) is 0.105. The second-order valence-corrected chi connectivity index (χ2v) is 16.1. The van der Waals surface area contributed by atoms with Crippen molar-refractivity contribution in [3.63, 3.8) is 0 Å². The summed E-state index contributed by atoms with van der Waals surface area (Å²) in [4.78, 5) is 16.1. The van der Waals surface area contributed by atoms with E-state index in [2.05, 4.69) is 31.9 Å². The number of halogens is 2. The molecule has 0 aliphatic carbocycles. The Kier molecular flexibility index (Phi) is 11.8. The summed E-state index contributed by atoms with van der Waals surface area (Å²) in [7, 11) is 0. The summed E-state index contributed by atoms with van der Waals surface area (Å²) in [6.07, 6.45) is -3.55. The van der Waals surface area contributed by atoms with E-state index in [9.17, 15) is 4.79 Å². The van der Waals surface area contributed by atoms with E-state index in [-0.39, 0.29) is 19.1 Å². The van der Waals surface area contributed by atoms with E-state index in [0.29, 0.717) is 25.5 Å². The van der Waals surface area contributed by atoms with E-state index >= 15 is 0 Å². The maximum absolute atomic E-state index is 14.4. The first-order valence-corrected chi connectivity index (χ1v) is 18.6. The van der Waals surface area contributed by atoms with E-state index in [1.54, 1.807) is 4.90 Å². The average Bonchev–Trinajstić information content (AvgIpc) is 3.38. The molecule has 2 aliphatic heterocycles. The van der Waals surface area contributed by atoms with Crippen LogP contribution in [0.25, 0.3) is 0 Å².